The lowest BCUT2D eigenvalue weighted by atomic mass is 9.99. The summed E-state index contributed by atoms with van der Waals surface area (Å²) in [6.07, 6.45) is -1.19. The molecule has 0 aromatic heterocycles. The van der Waals surface area contributed by atoms with Crippen molar-refractivity contribution in [1.29, 1.82) is 0 Å². The molecule has 1 unspecified atom stereocenters. The Morgan fingerprint density at radius 2 is 1.88 bits per heavy atom. The Bertz CT molecular complexity index is 338. The molecule has 0 spiro atoms. The smallest absolute Gasteiger partial charge is 0.339 e. The summed E-state index contributed by atoms with van der Waals surface area (Å²) in [4.78, 5) is 11.5. The van der Waals surface area contributed by atoms with Gasteiger partial charge in [-0.2, -0.15) is 0 Å². The van der Waals surface area contributed by atoms with E-state index in [1.165, 1.54) is 0 Å². The summed E-state index contributed by atoms with van der Waals surface area (Å²) >= 11 is 0. The van der Waals surface area contributed by atoms with Crippen molar-refractivity contribution in [3.63, 3.8) is 0 Å². The largest absolute Gasteiger partial charge is 0.463 e. The lowest BCUT2D eigenvalue weighted by Gasteiger charge is -2.19. The van der Waals surface area contributed by atoms with Gasteiger partial charge in [0.1, 0.15) is 0 Å². The summed E-state index contributed by atoms with van der Waals surface area (Å²) in [6, 6.07) is 8.77. The maximum absolute atomic E-state index is 11.5. The second-order valence-electron chi connectivity index (χ2n) is 4.98. The van der Waals surface area contributed by atoms with Gasteiger partial charge < -0.3 is 9.84 Å². The minimum Gasteiger partial charge on any atom is -0.463 e. The van der Waals surface area contributed by atoms with Crippen LogP contribution in [0.25, 0.3) is 0 Å². The van der Waals surface area contributed by atoms with E-state index in [4.69, 9.17) is 4.74 Å². The van der Waals surface area contributed by atoms with E-state index >= 15 is 0 Å². The fourth-order valence-corrected chi connectivity index (χ4v) is 1.14. The van der Waals surface area contributed by atoms with Crippen LogP contribution in [0, 0.1) is 5.41 Å². The molecule has 1 atom stereocenters. The molecule has 1 N–H and O–H groups in total. The Morgan fingerprint density at radius 3 is 2.38 bits per heavy atom. The number of hydrogen-bond donors (Lipinski definition) is 1. The molecule has 0 aliphatic rings. The number of carbonyl (C=O) groups excluding carboxylic acids is 1. The number of benzene rings is 1. The molecule has 0 saturated heterocycles. The molecular formula is C13H18O3. The molecule has 0 saturated carbocycles. The van der Waals surface area contributed by atoms with Crippen LogP contribution < -0.4 is 0 Å². The second-order valence-corrected chi connectivity index (χ2v) is 4.98. The molecule has 0 bridgehead atoms. The first-order valence-electron chi connectivity index (χ1n) is 5.30. The number of aliphatic hydroxyl groups excluding tert-OH is 1. The van der Waals surface area contributed by atoms with E-state index in [-0.39, 0.29) is 5.41 Å². The van der Waals surface area contributed by atoms with Crippen LogP contribution in [-0.2, 0) is 9.53 Å². The van der Waals surface area contributed by atoms with Gasteiger partial charge in [0.15, 0.2) is 6.10 Å². The van der Waals surface area contributed by atoms with E-state index < -0.39 is 12.1 Å². The normalized spacial score (nSPS) is 13.2. The summed E-state index contributed by atoms with van der Waals surface area (Å²) in [6.45, 7) is 6.20. The van der Waals surface area contributed by atoms with Crippen LogP contribution in [0.4, 0.5) is 0 Å². The van der Waals surface area contributed by atoms with Crippen LogP contribution in [-0.4, -0.2) is 17.7 Å². The third-order valence-corrected chi connectivity index (χ3v) is 1.99. The third-order valence-electron chi connectivity index (χ3n) is 1.99. The first-order chi connectivity index (χ1) is 7.40. The molecule has 0 fully saturated rings. The molecule has 0 amide bonds. The first kappa shape index (κ1) is 12.7. The highest BCUT2D eigenvalue weighted by Crippen LogP contribution is 2.17. The number of ether oxygens (including phenoxy) is 1. The van der Waals surface area contributed by atoms with Crippen molar-refractivity contribution in [1.82, 2.24) is 0 Å². The molecule has 16 heavy (non-hydrogen) atoms. The maximum Gasteiger partial charge on any atom is 0.339 e. The van der Waals surface area contributed by atoms with Crippen LogP contribution >= 0.6 is 0 Å². The summed E-state index contributed by atoms with van der Waals surface area (Å²) in [7, 11) is 0. The van der Waals surface area contributed by atoms with Gasteiger partial charge in [-0.25, -0.2) is 4.79 Å². The number of rotatable bonds is 3. The van der Waals surface area contributed by atoms with E-state index in [1.807, 2.05) is 26.8 Å². The van der Waals surface area contributed by atoms with Crippen molar-refractivity contribution in [2.45, 2.75) is 26.9 Å². The minimum absolute atomic E-state index is 0.0912. The van der Waals surface area contributed by atoms with Crippen LogP contribution in [0.1, 0.15) is 32.4 Å². The highest BCUT2D eigenvalue weighted by Gasteiger charge is 2.21. The number of carbonyl (C=O) groups is 1. The Kier molecular flexibility index (Phi) is 4.07. The molecule has 88 valence electrons. The van der Waals surface area contributed by atoms with Gasteiger partial charge in [0, 0.05) is 0 Å². The van der Waals surface area contributed by atoms with Crippen molar-refractivity contribution in [2.24, 2.45) is 5.41 Å². The first-order valence-corrected chi connectivity index (χ1v) is 5.30. The van der Waals surface area contributed by atoms with Crippen LogP contribution in [0.15, 0.2) is 30.3 Å². The zero-order chi connectivity index (χ0) is 12.2. The molecule has 0 heterocycles. The van der Waals surface area contributed by atoms with E-state index in [0.29, 0.717) is 12.2 Å². The lowest BCUT2D eigenvalue weighted by molar-refractivity contribution is -0.156. The van der Waals surface area contributed by atoms with E-state index in [1.54, 1.807) is 24.3 Å². The average molecular weight is 222 g/mol. The predicted molar refractivity (Wildman–Crippen MR) is 61.8 cm³/mol. The van der Waals surface area contributed by atoms with Gasteiger partial charge in [0.2, 0.25) is 0 Å². The summed E-state index contributed by atoms with van der Waals surface area (Å²) in [5, 5.41) is 9.71. The Hall–Kier alpha value is -1.35. The standard InChI is InChI=1S/C13H18O3/c1-13(2,3)9-16-12(15)11(14)10-7-5-4-6-8-10/h4-8,11,14H,9H2,1-3H3. The van der Waals surface area contributed by atoms with E-state index in [2.05, 4.69) is 0 Å². The molecule has 1 rings (SSSR count). The molecular weight excluding hydrogens is 204 g/mol. The lowest BCUT2D eigenvalue weighted by Crippen LogP contribution is -2.22. The molecule has 0 aliphatic carbocycles. The predicted octanol–water partition coefficient (Wildman–Crippen LogP) is 2.31. The van der Waals surface area contributed by atoms with Crippen LogP contribution in [0.3, 0.4) is 0 Å². The van der Waals surface area contributed by atoms with Gasteiger partial charge in [0.25, 0.3) is 0 Å². The molecule has 1 aromatic rings. The van der Waals surface area contributed by atoms with Crippen molar-refractivity contribution in [3.05, 3.63) is 35.9 Å². The Labute approximate surface area is 96.1 Å². The maximum atomic E-state index is 11.5. The van der Waals surface area contributed by atoms with Crippen molar-refractivity contribution in [2.75, 3.05) is 6.61 Å². The zero-order valence-corrected chi connectivity index (χ0v) is 9.93. The molecule has 3 heteroatoms. The van der Waals surface area contributed by atoms with Crippen LogP contribution in [0.2, 0.25) is 0 Å². The highest BCUT2D eigenvalue weighted by atomic mass is 16.5. The summed E-state index contributed by atoms with van der Waals surface area (Å²) < 4.78 is 5.03. The highest BCUT2D eigenvalue weighted by molar-refractivity contribution is 5.76. The fraction of sp³-hybridized carbons (Fsp3) is 0.462. The third kappa shape index (κ3) is 4.03. The van der Waals surface area contributed by atoms with Crippen molar-refractivity contribution in [3.8, 4) is 0 Å². The Morgan fingerprint density at radius 1 is 1.31 bits per heavy atom. The van der Waals surface area contributed by atoms with Gasteiger partial charge in [-0.05, 0) is 11.0 Å². The van der Waals surface area contributed by atoms with E-state index in [9.17, 15) is 9.90 Å². The molecule has 3 nitrogen and oxygen atoms in total. The number of esters is 1. The van der Waals surface area contributed by atoms with E-state index in [0.717, 1.165) is 0 Å². The summed E-state index contributed by atoms with van der Waals surface area (Å²) in [5.41, 5.74) is 0.466. The number of aliphatic hydroxyl groups is 1. The van der Waals surface area contributed by atoms with Gasteiger partial charge in [-0.15, -0.1) is 0 Å². The second kappa shape index (κ2) is 5.12. The quantitative estimate of drug-likeness (QED) is 0.798. The minimum atomic E-state index is -1.19. The van der Waals surface area contributed by atoms with Gasteiger partial charge in [-0.1, -0.05) is 51.1 Å². The van der Waals surface area contributed by atoms with Gasteiger partial charge in [-0.3, -0.25) is 0 Å². The van der Waals surface area contributed by atoms with Crippen molar-refractivity contribution >= 4 is 5.97 Å². The molecule has 0 radical (unpaired) electrons. The average Bonchev–Trinajstić information content (AvgIpc) is 2.25. The van der Waals surface area contributed by atoms with Gasteiger partial charge >= 0.3 is 5.97 Å². The summed E-state index contributed by atoms with van der Waals surface area (Å²) in [5.74, 6) is -0.596. The SMILES string of the molecule is CC(C)(C)COC(=O)C(O)c1ccccc1. The Balaban J connectivity index is 2.55. The van der Waals surface area contributed by atoms with Crippen LogP contribution in [0.5, 0.6) is 0 Å². The number of hydrogen-bond acceptors (Lipinski definition) is 3. The van der Waals surface area contributed by atoms with Crippen molar-refractivity contribution < 1.29 is 14.6 Å². The zero-order valence-electron chi connectivity index (χ0n) is 9.93. The molecule has 0 aliphatic heterocycles. The topological polar surface area (TPSA) is 46.5 Å². The van der Waals surface area contributed by atoms with Gasteiger partial charge in [0.05, 0.1) is 6.61 Å². The molecule has 1 aromatic carbocycles. The fourth-order valence-electron chi connectivity index (χ4n) is 1.14. The monoisotopic (exact) mass is 222 g/mol.